The van der Waals surface area contributed by atoms with E-state index in [-0.39, 0.29) is 0 Å². The van der Waals surface area contributed by atoms with Crippen molar-refractivity contribution in [3.05, 3.63) is 29.3 Å². The maximum Gasteiger partial charge on any atom is 0.0748 e. The van der Waals surface area contributed by atoms with E-state index in [0.717, 1.165) is 26.1 Å². The van der Waals surface area contributed by atoms with E-state index >= 15 is 0 Å². The molecule has 1 aromatic carbocycles. The Bertz CT molecular complexity index is 380. The van der Waals surface area contributed by atoms with E-state index in [1.54, 1.807) is 0 Å². The topological polar surface area (TPSA) is 12.5 Å². The number of alkyl halides is 1. The van der Waals surface area contributed by atoms with Crippen molar-refractivity contribution in [2.24, 2.45) is 0 Å². The maximum atomic E-state index is 6.04. The van der Waals surface area contributed by atoms with E-state index in [4.69, 9.17) is 16.3 Å². The number of anilines is 1. The van der Waals surface area contributed by atoms with Gasteiger partial charge < -0.3 is 9.64 Å². The number of nitrogens with zero attached hydrogens (tertiary/aromatic N) is 1. The lowest BCUT2D eigenvalue weighted by molar-refractivity contribution is 0.0384. The highest BCUT2D eigenvalue weighted by molar-refractivity contribution is 6.17. The largest absolute Gasteiger partial charge is 0.375 e. The number of morpholine rings is 1. The monoisotopic (exact) mass is 253 g/mol. The molecule has 1 fully saturated rings. The third-order valence-corrected chi connectivity index (χ3v) is 3.60. The molecule has 94 valence electrons. The SMILES string of the molecule is CCC1CN(c2ccc(C)cc2CCl)CCO1. The molecule has 17 heavy (non-hydrogen) atoms. The Balaban J connectivity index is 2.20. The highest BCUT2D eigenvalue weighted by Crippen LogP contribution is 2.25. The summed E-state index contributed by atoms with van der Waals surface area (Å²) in [4.78, 5) is 2.40. The molecule has 0 aromatic heterocycles. The highest BCUT2D eigenvalue weighted by atomic mass is 35.5. The third kappa shape index (κ3) is 2.93. The number of hydrogen-bond acceptors (Lipinski definition) is 2. The van der Waals surface area contributed by atoms with Gasteiger partial charge in [0.05, 0.1) is 12.7 Å². The van der Waals surface area contributed by atoms with Crippen LogP contribution >= 0.6 is 11.6 Å². The van der Waals surface area contributed by atoms with Crippen LogP contribution in [-0.4, -0.2) is 25.8 Å². The van der Waals surface area contributed by atoms with Crippen LogP contribution in [0.1, 0.15) is 24.5 Å². The first-order valence-electron chi connectivity index (χ1n) is 6.26. The van der Waals surface area contributed by atoms with E-state index in [9.17, 15) is 0 Å². The summed E-state index contributed by atoms with van der Waals surface area (Å²) in [6.07, 6.45) is 1.42. The predicted molar refractivity (Wildman–Crippen MR) is 73.0 cm³/mol. The van der Waals surface area contributed by atoms with Crippen LogP contribution in [0.15, 0.2) is 18.2 Å². The molecule has 0 spiro atoms. The highest BCUT2D eigenvalue weighted by Gasteiger charge is 2.20. The van der Waals surface area contributed by atoms with E-state index in [0.29, 0.717) is 12.0 Å². The Morgan fingerprint density at radius 1 is 1.47 bits per heavy atom. The summed E-state index contributed by atoms with van der Waals surface area (Å²) in [7, 11) is 0. The van der Waals surface area contributed by atoms with Gasteiger partial charge in [-0.05, 0) is 25.0 Å². The van der Waals surface area contributed by atoms with Gasteiger partial charge in [-0.25, -0.2) is 0 Å². The quantitative estimate of drug-likeness (QED) is 0.766. The van der Waals surface area contributed by atoms with Crippen LogP contribution in [-0.2, 0) is 10.6 Å². The fourth-order valence-electron chi connectivity index (χ4n) is 2.31. The number of halogens is 1. The minimum atomic E-state index is 0.355. The normalized spacial score (nSPS) is 20.6. The summed E-state index contributed by atoms with van der Waals surface area (Å²) < 4.78 is 5.70. The van der Waals surface area contributed by atoms with Crippen molar-refractivity contribution in [2.75, 3.05) is 24.6 Å². The lowest BCUT2D eigenvalue weighted by Gasteiger charge is -2.35. The lowest BCUT2D eigenvalue weighted by atomic mass is 10.1. The molecule has 2 rings (SSSR count). The number of benzene rings is 1. The van der Waals surface area contributed by atoms with E-state index in [1.807, 2.05) is 0 Å². The summed E-state index contributed by atoms with van der Waals surface area (Å²) in [6, 6.07) is 6.52. The van der Waals surface area contributed by atoms with Crippen molar-refractivity contribution in [1.82, 2.24) is 0 Å². The molecule has 0 N–H and O–H groups in total. The Labute approximate surface area is 109 Å². The van der Waals surface area contributed by atoms with Crippen molar-refractivity contribution in [3.63, 3.8) is 0 Å². The van der Waals surface area contributed by atoms with Crippen molar-refractivity contribution >= 4 is 17.3 Å². The molecule has 1 atom stereocenters. The average molecular weight is 254 g/mol. The maximum absolute atomic E-state index is 6.04. The van der Waals surface area contributed by atoms with Crippen molar-refractivity contribution in [3.8, 4) is 0 Å². The molecular formula is C14H20ClNO. The first-order chi connectivity index (χ1) is 8.24. The Hall–Kier alpha value is -0.730. The fraction of sp³-hybridized carbons (Fsp3) is 0.571. The van der Waals surface area contributed by atoms with Crippen LogP contribution in [0.4, 0.5) is 5.69 Å². The Kier molecular flexibility index (Phi) is 4.30. The molecule has 0 aliphatic carbocycles. The Morgan fingerprint density at radius 2 is 2.29 bits per heavy atom. The Morgan fingerprint density at radius 3 is 3.00 bits per heavy atom. The second-order valence-electron chi connectivity index (χ2n) is 4.61. The van der Waals surface area contributed by atoms with E-state index < -0.39 is 0 Å². The van der Waals surface area contributed by atoms with E-state index in [2.05, 4.69) is 36.9 Å². The van der Waals surface area contributed by atoms with Gasteiger partial charge in [-0.15, -0.1) is 11.6 Å². The van der Waals surface area contributed by atoms with Crippen molar-refractivity contribution in [1.29, 1.82) is 0 Å². The first-order valence-corrected chi connectivity index (χ1v) is 6.80. The molecule has 0 radical (unpaired) electrons. The van der Waals surface area contributed by atoms with Crippen LogP contribution in [0.2, 0.25) is 0 Å². The summed E-state index contributed by atoms with van der Waals surface area (Å²) in [5.74, 6) is 0.575. The first kappa shape index (κ1) is 12.7. The second-order valence-corrected chi connectivity index (χ2v) is 4.88. The van der Waals surface area contributed by atoms with Gasteiger partial charge in [0, 0.05) is 24.7 Å². The molecule has 1 aromatic rings. The summed E-state index contributed by atoms with van der Waals surface area (Å²) in [5.41, 5.74) is 3.76. The standard InChI is InChI=1S/C14H20ClNO/c1-3-13-10-16(6-7-17-13)14-5-4-11(2)8-12(14)9-15/h4-5,8,13H,3,6-7,9-10H2,1-2H3. The van der Waals surface area contributed by atoms with Gasteiger partial charge >= 0.3 is 0 Å². The molecule has 1 saturated heterocycles. The zero-order valence-corrected chi connectivity index (χ0v) is 11.3. The lowest BCUT2D eigenvalue weighted by Crippen LogP contribution is -2.42. The second kappa shape index (κ2) is 5.74. The molecule has 0 amide bonds. The van der Waals surface area contributed by atoms with Crippen molar-refractivity contribution in [2.45, 2.75) is 32.3 Å². The zero-order valence-electron chi connectivity index (χ0n) is 10.6. The average Bonchev–Trinajstić information content (AvgIpc) is 2.38. The van der Waals surface area contributed by atoms with Gasteiger partial charge in [0.2, 0.25) is 0 Å². The minimum Gasteiger partial charge on any atom is -0.375 e. The number of rotatable bonds is 3. The molecule has 1 aliphatic heterocycles. The number of aryl methyl sites for hydroxylation is 1. The molecular weight excluding hydrogens is 234 g/mol. The van der Waals surface area contributed by atoms with Crippen LogP contribution in [0, 0.1) is 6.92 Å². The van der Waals surface area contributed by atoms with Gasteiger partial charge in [-0.3, -0.25) is 0 Å². The van der Waals surface area contributed by atoms with Crippen LogP contribution < -0.4 is 4.90 Å². The summed E-state index contributed by atoms with van der Waals surface area (Å²) >= 11 is 6.04. The fourth-order valence-corrected chi connectivity index (χ4v) is 2.53. The van der Waals surface area contributed by atoms with Gasteiger partial charge in [0.15, 0.2) is 0 Å². The van der Waals surface area contributed by atoms with Crippen molar-refractivity contribution < 1.29 is 4.74 Å². The summed E-state index contributed by atoms with van der Waals surface area (Å²) in [6.45, 7) is 7.03. The molecule has 1 unspecified atom stereocenters. The molecule has 0 bridgehead atoms. The van der Waals surface area contributed by atoms with Crippen LogP contribution in [0.3, 0.4) is 0 Å². The molecule has 3 heteroatoms. The number of ether oxygens (including phenoxy) is 1. The smallest absolute Gasteiger partial charge is 0.0748 e. The van der Waals surface area contributed by atoms with Gasteiger partial charge in [0.25, 0.3) is 0 Å². The third-order valence-electron chi connectivity index (χ3n) is 3.31. The summed E-state index contributed by atoms with van der Waals surface area (Å²) in [5, 5.41) is 0. The van der Waals surface area contributed by atoms with Gasteiger partial charge in [0.1, 0.15) is 0 Å². The van der Waals surface area contributed by atoms with E-state index in [1.165, 1.54) is 16.8 Å². The molecule has 1 heterocycles. The van der Waals surface area contributed by atoms with Crippen LogP contribution in [0.5, 0.6) is 0 Å². The molecule has 2 nitrogen and oxygen atoms in total. The minimum absolute atomic E-state index is 0.355. The predicted octanol–water partition coefficient (Wildman–Crippen LogP) is 3.35. The number of hydrogen-bond donors (Lipinski definition) is 0. The molecule has 1 aliphatic rings. The molecule has 0 saturated carbocycles. The van der Waals surface area contributed by atoms with Crippen LogP contribution in [0.25, 0.3) is 0 Å². The zero-order chi connectivity index (χ0) is 12.3. The van der Waals surface area contributed by atoms with Gasteiger partial charge in [-0.1, -0.05) is 24.6 Å². The van der Waals surface area contributed by atoms with Gasteiger partial charge in [-0.2, -0.15) is 0 Å².